The predicted molar refractivity (Wildman–Crippen MR) is 237 cm³/mol. The zero-order valence-electron chi connectivity index (χ0n) is 31.2. The summed E-state index contributed by atoms with van der Waals surface area (Å²) in [4.78, 5) is 2.48. The van der Waals surface area contributed by atoms with Crippen LogP contribution < -0.4 is 4.90 Å². The van der Waals surface area contributed by atoms with Crippen LogP contribution in [0.25, 0.3) is 60.9 Å². The Morgan fingerprint density at radius 3 is 1.61 bits per heavy atom. The van der Waals surface area contributed by atoms with Gasteiger partial charge in [0.2, 0.25) is 0 Å². The number of hydrogen-bond acceptors (Lipinski definition) is 1. The summed E-state index contributed by atoms with van der Waals surface area (Å²) in [6.45, 7) is 0. The van der Waals surface area contributed by atoms with E-state index in [1.54, 1.807) is 0 Å². The molecular formula is C55H36N2. The molecule has 57 heavy (non-hydrogen) atoms. The van der Waals surface area contributed by atoms with Crippen LogP contribution in [0.15, 0.2) is 218 Å². The first kappa shape index (κ1) is 31.9. The van der Waals surface area contributed by atoms with Crippen molar-refractivity contribution < 1.29 is 0 Å². The van der Waals surface area contributed by atoms with Crippen LogP contribution in [0.4, 0.5) is 17.1 Å². The van der Waals surface area contributed by atoms with Crippen molar-refractivity contribution >= 4 is 38.9 Å². The lowest BCUT2D eigenvalue weighted by Gasteiger charge is -2.31. The minimum absolute atomic E-state index is 0.422. The van der Waals surface area contributed by atoms with Gasteiger partial charge in [0.05, 0.1) is 22.1 Å². The summed E-state index contributed by atoms with van der Waals surface area (Å²) in [5.41, 5.74) is 19.5. The van der Waals surface area contributed by atoms with E-state index >= 15 is 0 Å². The third-order valence-electron chi connectivity index (χ3n) is 12.4. The molecule has 1 aromatic heterocycles. The second-order valence-corrected chi connectivity index (χ2v) is 15.2. The number of hydrogen-bond donors (Lipinski definition) is 0. The summed E-state index contributed by atoms with van der Waals surface area (Å²) in [6, 6.07) is 80.4. The summed E-state index contributed by atoms with van der Waals surface area (Å²) >= 11 is 0. The van der Waals surface area contributed by atoms with Gasteiger partial charge < -0.3 is 9.47 Å². The molecule has 0 aliphatic heterocycles. The lowest BCUT2D eigenvalue weighted by atomic mass is 9.70. The van der Waals surface area contributed by atoms with Gasteiger partial charge in [-0.3, -0.25) is 0 Å². The largest absolute Gasteiger partial charge is 0.310 e. The van der Waals surface area contributed by atoms with Gasteiger partial charge in [-0.1, -0.05) is 164 Å². The van der Waals surface area contributed by atoms with E-state index in [0.29, 0.717) is 0 Å². The van der Waals surface area contributed by atoms with E-state index < -0.39 is 5.41 Å². The average molecular weight is 725 g/mol. The number of anilines is 3. The van der Waals surface area contributed by atoms with E-state index in [0.717, 1.165) is 17.1 Å². The molecule has 0 saturated heterocycles. The summed E-state index contributed by atoms with van der Waals surface area (Å²) in [6.07, 6.45) is 0. The van der Waals surface area contributed by atoms with E-state index in [1.807, 2.05) is 0 Å². The molecule has 2 heteroatoms. The van der Waals surface area contributed by atoms with Crippen LogP contribution in [0.1, 0.15) is 22.3 Å². The molecule has 0 fully saturated rings. The van der Waals surface area contributed by atoms with Gasteiger partial charge in [0.25, 0.3) is 0 Å². The molecule has 0 N–H and O–H groups in total. The van der Waals surface area contributed by atoms with Crippen molar-refractivity contribution in [3.05, 3.63) is 241 Å². The topological polar surface area (TPSA) is 8.17 Å². The third-order valence-corrected chi connectivity index (χ3v) is 12.4. The minimum atomic E-state index is -0.422. The molecule has 0 radical (unpaired) electrons. The highest BCUT2D eigenvalue weighted by Gasteiger charge is 2.52. The normalized spacial score (nSPS) is 13.1. The van der Waals surface area contributed by atoms with Crippen LogP contribution in [0.3, 0.4) is 0 Å². The first-order valence-corrected chi connectivity index (χ1v) is 19.8. The number of rotatable bonds is 5. The maximum absolute atomic E-state index is 2.48. The van der Waals surface area contributed by atoms with Gasteiger partial charge in [0, 0.05) is 33.4 Å². The van der Waals surface area contributed by atoms with E-state index in [4.69, 9.17) is 0 Å². The average Bonchev–Trinajstić information content (AvgIpc) is 3.90. The number of benzene rings is 9. The monoisotopic (exact) mass is 724 g/mol. The number of para-hydroxylation sites is 2. The lowest BCUT2D eigenvalue weighted by Crippen LogP contribution is -2.26. The van der Waals surface area contributed by atoms with Crippen LogP contribution in [0.5, 0.6) is 0 Å². The summed E-state index contributed by atoms with van der Waals surface area (Å²) in [5.74, 6) is 0. The molecule has 0 unspecified atom stereocenters. The SMILES string of the molecule is c1ccc(-c2cccc3c2c2cc(N(c4ccccc4)c4cccc5c4-c4ccccc4C54c5ccccc5-c5ccccc54)ccc2n3-c2ccccc2)cc1. The summed E-state index contributed by atoms with van der Waals surface area (Å²) in [7, 11) is 0. The van der Waals surface area contributed by atoms with Crippen LogP contribution in [-0.2, 0) is 5.41 Å². The van der Waals surface area contributed by atoms with Gasteiger partial charge in [0.1, 0.15) is 0 Å². The highest BCUT2D eigenvalue weighted by Crippen LogP contribution is 2.64. The number of aromatic nitrogens is 1. The zero-order valence-corrected chi connectivity index (χ0v) is 31.2. The van der Waals surface area contributed by atoms with Gasteiger partial charge in [-0.2, -0.15) is 0 Å². The van der Waals surface area contributed by atoms with Crippen LogP contribution >= 0.6 is 0 Å². The van der Waals surface area contributed by atoms with E-state index in [9.17, 15) is 0 Å². The van der Waals surface area contributed by atoms with Crippen molar-refractivity contribution in [1.82, 2.24) is 4.57 Å². The Balaban J connectivity index is 1.16. The van der Waals surface area contributed by atoms with Crippen LogP contribution in [0.2, 0.25) is 0 Å². The number of fused-ring (bicyclic) bond motifs is 13. The molecule has 2 aliphatic rings. The lowest BCUT2D eigenvalue weighted by molar-refractivity contribution is 0.794. The van der Waals surface area contributed by atoms with Crippen molar-refractivity contribution in [2.75, 3.05) is 4.90 Å². The van der Waals surface area contributed by atoms with Gasteiger partial charge in [-0.25, -0.2) is 0 Å². The fraction of sp³-hybridized carbons (Fsp3) is 0.0182. The molecule has 0 atom stereocenters. The molecule has 1 heterocycles. The highest BCUT2D eigenvalue weighted by atomic mass is 15.1. The first-order valence-electron chi connectivity index (χ1n) is 19.8. The van der Waals surface area contributed by atoms with Crippen LogP contribution in [-0.4, -0.2) is 4.57 Å². The molecule has 2 aliphatic carbocycles. The molecule has 2 nitrogen and oxygen atoms in total. The molecule has 9 aromatic carbocycles. The van der Waals surface area contributed by atoms with Crippen molar-refractivity contribution in [2.24, 2.45) is 0 Å². The van der Waals surface area contributed by atoms with E-state index in [-0.39, 0.29) is 0 Å². The van der Waals surface area contributed by atoms with E-state index in [1.165, 1.54) is 83.1 Å². The first-order chi connectivity index (χ1) is 28.3. The Kier molecular flexibility index (Phi) is 6.88. The molecule has 10 aromatic rings. The Morgan fingerprint density at radius 1 is 0.368 bits per heavy atom. The van der Waals surface area contributed by atoms with Crippen molar-refractivity contribution in [3.63, 3.8) is 0 Å². The Labute approximate surface area is 332 Å². The van der Waals surface area contributed by atoms with E-state index in [2.05, 4.69) is 228 Å². The maximum atomic E-state index is 2.48. The third kappa shape index (κ3) is 4.41. The molecule has 0 saturated carbocycles. The van der Waals surface area contributed by atoms with Crippen LogP contribution in [0, 0.1) is 0 Å². The second-order valence-electron chi connectivity index (χ2n) is 15.2. The molecule has 266 valence electrons. The molecular weight excluding hydrogens is 689 g/mol. The fourth-order valence-electron chi connectivity index (χ4n) is 10.2. The minimum Gasteiger partial charge on any atom is -0.310 e. The summed E-state index contributed by atoms with van der Waals surface area (Å²) < 4.78 is 2.42. The van der Waals surface area contributed by atoms with Gasteiger partial charge >= 0.3 is 0 Å². The van der Waals surface area contributed by atoms with Gasteiger partial charge in [-0.05, 0) is 105 Å². The fourth-order valence-corrected chi connectivity index (χ4v) is 10.2. The van der Waals surface area contributed by atoms with Crippen molar-refractivity contribution in [3.8, 4) is 39.1 Å². The summed E-state index contributed by atoms with van der Waals surface area (Å²) in [5, 5.41) is 2.47. The van der Waals surface area contributed by atoms with Gasteiger partial charge in [-0.15, -0.1) is 0 Å². The molecule has 12 rings (SSSR count). The molecule has 1 spiro atoms. The Hall–Kier alpha value is -7.42. The maximum Gasteiger partial charge on any atom is 0.0726 e. The highest BCUT2D eigenvalue weighted by molar-refractivity contribution is 6.17. The molecule has 0 bridgehead atoms. The smallest absolute Gasteiger partial charge is 0.0726 e. The van der Waals surface area contributed by atoms with Crippen molar-refractivity contribution in [2.45, 2.75) is 5.41 Å². The standard InChI is InChI=1S/C55H36N2/c1-4-18-37(19-5-1)41-27-16-32-51-53(41)45-36-40(34-35-50(45)57(51)39-22-8-3-9-23-39)56(38-20-6-2-7-21-38)52-33-17-31-49-54(52)44-26-12-15-30-48(44)55(49)46-28-13-10-24-42(46)43-25-11-14-29-47(43)55/h1-36H. The number of nitrogens with zero attached hydrogens (tertiary/aromatic N) is 2. The second kappa shape index (κ2) is 12.3. The quantitative estimate of drug-likeness (QED) is 0.172. The van der Waals surface area contributed by atoms with Crippen molar-refractivity contribution in [1.29, 1.82) is 0 Å². The Morgan fingerprint density at radius 2 is 0.912 bits per heavy atom. The predicted octanol–water partition coefficient (Wildman–Crippen LogP) is 14.3. The molecule has 0 amide bonds. The van der Waals surface area contributed by atoms with Gasteiger partial charge in [0.15, 0.2) is 0 Å². The Bertz CT molecular complexity index is 3130. The zero-order chi connectivity index (χ0) is 37.5.